The second-order valence-electron chi connectivity index (χ2n) is 4.69. The van der Waals surface area contributed by atoms with Crippen molar-refractivity contribution in [1.29, 1.82) is 0 Å². The first-order valence-electron chi connectivity index (χ1n) is 5.98. The van der Waals surface area contributed by atoms with Crippen LogP contribution >= 0.6 is 0 Å². The van der Waals surface area contributed by atoms with Gasteiger partial charge in [0.25, 0.3) is 0 Å². The average molecular weight is 223 g/mol. The second kappa shape index (κ2) is 4.93. The van der Waals surface area contributed by atoms with Crippen molar-refractivity contribution >= 4 is 0 Å². The van der Waals surface area contributed by atoms with Gasteiger partial charge in [-0.2, -0.15) is 0 Å². The molecule has 5 heteroatoms. The summed E-state index contributed by atoms with van der Waals surface area (Å²) in [7, 11) is 2.02. The molecular weight excluding hydrogens is 202 g/mol. The molecule has 0 saturated heterocycles. The Bertz CT molecular complexity index is 335. The van der Waals surface area contributed by atoms with E-state index in [2.05, 4.69) is 38.8 Å². The summed E-state index contributed by atoms with van der Waals surface area (Å²) in [5, 5.41) is 11.4. The highest BCUT2D eigenvalue weighted by Crippen LogP contribution is 2.15. The van der Waals surface area contributed by atoms with Crippen molar-refractivity contribution in [2.45, 2.75) is 45.4 Å². The summed E-state index contributed by atoms with van der Waals surface area (Å²) in [6.45, 7) is 7.56. The third kappa shape index (κ3) is 2.41. The molecule has 1 aromatic rings. The summed E-state index contributed by atoms with van der Waals surface area (Å²) in [4.78, 5) is 2.48. The van der Waals surface area contributed by atoms with E-state index < -0.39 is 0 Å². The number of nitrogens with zero attached hydrogens (tertiary/aromatic N) is 4. The first kappa shape index (κ1) is 11.5. The van der Waals surface area contributed by atoms with Crippen LogP contribution in [0.4, 0.5) is 0 Å². The van der Waals surface area contributed by atoms with Crippen LogP contribution in [0.15, 0.2) is 6.33 Å². The molecule has 2 atom stereocenters. The summed E-state index contributed by atoms with van der Waals surface area (Å²) < 4.78 is 2.14. The van der Waals surface area contributed by atoms with Gasteiger partial charge in [-0.3, -0.25) is 4.90 Å². The normalized spacial score (nSPS) is 20.4. The molecule has 0 amide bonds. The molecular formula is C11H21N5. The van der Waals surface area contributed by atoms with Crippen molar-refractivity contribution < 1.29 is 0 Å². The van der Waals surface area contributed by atoms with Crippen LogP contribution in [-0.2, 0) is 13.1 Å². The zero-order valence-electron chi connectivity index (χ0n) is 10.3. The van der Waals surface area contributed by atoms with Crippen LogP contribution in [0.5, 0.6) is 0 Å². The highest BCUT2D eigenvalue weighted by molar-refractivity contribution is 4.91. The number of rotatable bonds is 4. The molecule has 0 saturated carbocycles. The smallest absolute Gasteiger partial charge is 0.147 e. The maximum Gasteiger partial charge on any atom is 0.147 e. The lowest BCUT2D eigenvalue weighted by Crippen LogP contribution is -2.42. The van der Waals surface area contributed by atoms with E-state index in [1.165, 1.54) is 6.42 Å². The minimum absolute atomic E-state index is 0.565. The maximum atomic E-state index is 4.14. The molecule has 0 spiro atoms. The lowest BCUT2D eigenvalue weighted by molar-refractivity contribution is 0.148. The largest absolute Gasteiger partial charge is 0.317 e. The Balaban J connectivity index is 1.93. The molecule has 1 aliphatic rings. The van der Waals surface area contributed by atoms with Crippen LogP contribution < -0.4 is 5.32 Å². The fraction of sp³-hybridized carbons (Fsp3) is 0.818. The van der Waals surface area contributed by atoms with Gasteiger partial charge in [-0.25, -0.2) is 0 Å². The molecule has 16 heavy (non-hydrogen) atoms. The molecule has 0 fully saturated rings. The van der Waals surface area contributed by atoms with Crippen molar-refractivity contribution in [2.75, 3.05) is 13.6 Å². The zero-order valence-corrected chi connectivity index (χ0v) is 10.3. The Morgan fingerprint density at radius 3 is 3.00 bits per heavy atom. The monoisotopic (exact) mass is 223 g/mol. The van der Waals surface area contributed by atoms with Gasteiger partial charge in [0.2, 0.25) is 0 Å². The van der Waals surface area contributed by atoms with Crippen LogP contribution in [0, 0.1) is 0 Å². The number of hydrogen-bond donors (Lipinski definition) is 1. The minimum atomic E-state index is 0.565. The molecule has 0 bridgehead atoms. The predicted octanol–water partition coefficient (Wildman–Crippen LogP) is 0.480. The summed E-state index contributed by atoms with van der Waals surface area (Å²) >= 11 is 0. The SMILES string of the molecule is CNC(C)CC(C)N1CCn2cnnc2C1. The number of aromatic nitrogens is 3. The van der Waals surface area contributed by atoms with Gasteiger partial charge in [-0.15, -0.1) is 10.2 Å². The van der Waals surface area contributed by atoms with Crippen LogP contribution in [-0.4, -0.2) is 45.3 Å². The van der Waals surface area contributed by atoms with Gasteiger partial charge in [0.15, 0.2) is 0 Å². The molecule has 1 N–H and O–H groups in total. The highest BCUT2D eigenvalue weighted by Gasteiger charge is 2.22. The van der Waals surface area contributed by atoms with Crippen molar-refractivity contribution in [3.05, 3.63) is 12.2 Å². The number of hydrogen-bond acceptors (Lipinski definition) is 4. The minimum Gasteiger partial charge on any atom is -0.317 e. The van der Waals surface area contributed by atoms with Gasteiger partial charge >= 0.3 is 0 Å². The van der Waals surface area contributed by atoms with Gasteiger partial charge in [0.05, 0.1) is 6.54 Å². The highest BCUT2D eigenvalue weighted by atomic mass is 15.3. The van der Waals surface area contributed by atoms with Gasteiger partial charge in [-0.05, 0) is 27.3 Å². The standard InChI is InChI=1S/C11H21N5/c1-9(12-3)6-10(2)15-4-5-16-8-13-14-11(16)7-15/h8-10,12H,4-7H2,1-3H3. The summed E-state index contributed by atoms with van der Waals surface area (Å²) in [5.41, 5.74) is 0. The lowest BCUT2D eigenvalue weighted by Gasteiger charge is -2.33. The summed E-state index contributed by atoms with van der Waals surface area (Å²) in [6, 6.07) is 1.16. The van der Waals surface area contributed by atoms with Crippen molar-refractivity contribution in [2.24, 2.45) is 0 Å². The van der Waals surface area contributed by atoms with Crippen LogP contribution in [0.1, 0.15) is 26.1 Å². The van der Waals surface area contributed by atoms with Gasteiger partial charge in [0, 0.05) is 25.2 Å². The molecule has 0 aliphatic carbocycles. The molecule has 2 heterocycles. The molecule has 1 aromatic heterocycles. The lowest BCUT2D eigenvalue weighted by atomic mass is 10.1. The fourth-order valence-electron chi connectivity index (χ4n) is 2.24. The van der Waals surface area contributed by atoms with E-state index in [1.54, 1.807) is 0 Å². The van der Waals surface area contributed by atoms with Crippen molar-refractivity contribution in [3.63, 3.8) is 0 Å². The number of nitrogens with one attached hydrogen (secondary N) is 1. The molecule has 0 aromatic carbocycles. The Hall–Kier alpha value is -0.940. The Kier molecular flexibility index (Phi) is 3.56. The van der Waals surface area contributed by atoms with E-state index in [1.807, 2.05) is 13.4 Å². The third-order valence-electron chi connectivity index (χ3n) is 3.48. The number of fused-ring (bicyclic) bond motifs is 1. The Morgan fingerprint density at radius 1 is 1.44 bits per heavy atom. The van der Waals surface area contributed by atoms with Crippen LogP contribution in [0.3, 0.4) is 0 Å². The zero-order chi connectivity index (χ0) is 11.5. The molecule has 2 unspecified atom stereocenters. The summed E-state index contributed by atoms with van der Waals surface area (Å²) in [5.74, 6) is 1.09. The Labute approximate surface area is 96.8 Å². The molecule has 0 radical (unpaired) electrons. The van der Waals surface area contributed by atoms with Crippen LogP contribution in [0.25, 0.3) is 0 Å². The Morgan fingerprint density at radius 2 is 2.25 bits per heavy atom. The van der Waals surface area contributed by atoms with Gasteiger partial charge in [0.1, 0.15) is 12.2 Å². The first-order valence-corrected chi connectivity index (χ1v) is 5.98. The third-order valence-corrected chi connectivity index (χ3v) is 3.48. The molecule has 5 nitrogen and oxygen atoms in total. The molecule has 2 rings (SSSR count). The topological polar surface area (TPSA) is 46.0 Å². The van der Waals surface area contributed by atoms with E-state index in [4.69, 9.17) is 0 Å². The van der Waals surface area contributed by atoms with Gasteiger partial charge < -0.3 is 9.88 Å². The maximum absolute atomic E-state index is 4.14. The summed E-state index contributed by atoms with van der Waals surface area (Å²) in [6.07, 6.45) is 3.00. The fourth-order valence-corrected chi connectivity index (χ4v) is 2.24. The van der Waals surface area contributed by atoms with E-state index in [0.717, 1.165) is 25.5 Å². The predicted molar refractivity (Wildman–Crippen MR) is 63.0 cm³/mol. The van der Waals surface area contributed by atoms with E-state index in [9.17, 15) is 0 Å². The quantitative estimate of drug-likeness (QED) is 0.806. The average Bonchev–Trinajstić information content (AvgIpc) is 2.75. The first-order chi connectivity index (χ1) is 7.70. The van der Waals surface area contributed by atoms with Crippen molar-refractivity contribution in [1.82, 2.24) is 25.0 Å². The van der Waals surface area contributed by atoms with Crippen molar-refractivity contribution in [3.8, 4) is 0 Å². The van der Waals surface area contributed by atoms with Crippen LogP contribution in [0.2, 0.25) is 0 Å². The van der Waals surface area contributed by atoms with E-state index >= 15 is 0 Å². The van der Waals surface area contributed by atoms with Gasteiger partial charge in [-0.1, -0.05) is 0 Å². The van der Waals surface area contributed by atoms with E-state index in [0.29, 0.717) is 12.1 Å². The molecule has 1 aliphatic heterocycles. The second-order valence-corrected chi connectivity index (χ2v) is 4.69. The molecule has 90 valence electrons. The van der Waals surface area contributed by atoms with E-state index in [-0.39, 0.29) is 0 Å².